The molecule has 0 amide bonds. The topological polar surface area (TPSA) is 20.3 Å². The van der Waals surface area contributed by atoms with Crippen molar-refractivity contribution in [2.24, 2.45) is 5.41 Å². The Kier molecular flexibility index (Phi) is 3.36. The number of carbonyl (C=O) groups is 1. The summed E-state index contributed by atoms with van der Waals surface area (Å²) in [5.74, 6) is 0.434. The van der Waals surface area contributed by atoms with Crippen LogP contribution in [-0.2, 0) is 4.79 Å². The van der Waals surface area contributed by atoms with Crippen molar-refractivity contribution in [3.05, 3.63) is 0 Å². The number of hydrogen-bond donors (Lipinski definition) is 0. The summed E-state index contributed by atoms with van der Waals surface area (Å²) in [7, 11) is 2.09. The first-order chi connectivity index (χ1) is 6.34. The molecule has 2 nitrogen and oxygen atoms in total. The fraction of sp³-hybridized carbons (Fsp3) is 0.917. The Morgan fingerprint density at radius 2 is 2.00 bits per heavy atom. The second kappa shape index (κ2) is 4.01. The molecule has 2 heteroatoms. The van der Waals surface area contributed by atoms with Crippen LogP contribution in [0.3, 0.4) is 0 Å². The third-order valence-electron chi connectivity index (χ3n) is 3.63. The molecule has 0 spiro atoms. The number of rotatable bonds is 2. The van der Waals surface area contributed by atoms with E-state index >= 15 is 0 Å². The fourth-order valence-electron chi connectivity index (χ4n) is 2.11. The lowest BCUT2D eigenvalue weighted by atomic mass is 9.86. The van der Waals surface area contributed by atoms with Gasteiger partial charge < -0.3 is 0 Å². The van der Waals surface area contributed by atoms with Crippen molar-refractivity contribution in [1.29, 1.82) is 0 Å². The van der Waals surface area contributed by atoms with Gasteiger partial charge >= 0.3 is 0 Å². The quantitative estimate of drug-likeness (QED) is 0.678. The molecule has 14 heavy (non-hydrogen) atoms. The number of hydrogen-bond acceptors (Lipinski definition) is 2. The zero-order valence-corrected chi connectivity index (χ0v) is 10.1. The molecular formula is C12H23NO. The van der Waals surface area contributed by atoms with E-state index in [1.807, 2.05) is 0 Å². The van der Waals surface area contributed by atoms with E-state index in [-0.39, 0.29) is 11.5 Å². The molecule has 1 aliphatic carbocycles. The van der Waals surface area contributed by atoms with Gasteiger partial charge in [0.25, 0.3) is 0 Å². The lowest BCUT2D eigenvalue weighted by Crippen LogP contribution is -2.46. The predicted molar refractivity (Wildman–Crippen MR) is 59.3 cm³/mol. The van der Waals surface area contributed by atoms with Crippen LogP contribution in [0.2, 0.25) is 0 Å². The molecule has 0 bridgehead atoms. The van der Waals surface area contributed by atoms with Crippen LogP contribution in [0.25, 0.3) is 0 Å². The van der Waals surface area contributed by atoms with E-state index in [1.54, 1.807) is 0 Å². The maximum absolute atomic E-state index is 11.6. The van der Waals surface area contributed by atoms with Crippen LogP contribution in [-0.4, -0.2) is 29.8 Å². The molecule has 0 radical (unpaired) electrons. The maximum Gasteiger partial charge on any atom is 0.149 e. The van der Waals surface area contributed by atoms with E-state index in [9.17, 15) is 4.79 Å². The van der Waals surface area contributed by atoms with Crippen LogP contribution in [0.1, 0.15) is 47.0 Å². The van der Waals surface area contributed by atoms with Gasteiger partial charge in [-0.3, -0.25) is 9.69 Å². The summed E-state index contributed by atoms with van der Waals surface area (Å²) in [5, 5.41) is 0. The Morgan fingerprint density at radius 3 is 2.36 bits per heavy atom. The minimum Gasteiger partial charge on any atom is -0.298 e. The number of ketones is 1. The molecule has 0 aromatic heterocycles. The van der Waals surface area contributed by atoms with E-state index in [1.165, 1.54) is 0 Å². The van der Waals surface area contributed by atoms with E-state index in [0.717, 1.165) is 19.3 Å². The van der Waals surface area contributed by atoms with Crippen molar-refractivity contribution < 1.29 is 4.79 Å². The molecule has 82 valence electrons. The van der Waals surface area contributed by atoms with Crippen LogP contribution in [0.15, 0.2) is 0 Å². The largest absolute Gasteiger partial charge is 0.298 e. The first-order valence-electron chi connectivity index (χ1n) is 5.58. The molecule has 0 N–H and O–H groups in total. The second-order valence-corrected chi connectivity index (χ2v) is 5.58. The Morgan fingerprint density at radius 1 is 1.43 bits per heavy atom. The first-order valence-corrected chi connectivity index (χ1v) is 5.58. The minimum atomic E-state index is 0.184. The summed E-state index contributed by atoms with van der Waals surface area (Å²) in [4.78, 5) is 13.9. The smallest absolute Gasteiger partial charge is 0.149 e. The number of nitrogens with zero attached hydrogens (tertiary/aromatic N) is 1. The normalized spacial score (nSPS) is 25.9. The Hall–Kier alpha value is -0.370. The van der Waals surface area contributed by atoms with Gasteiger partial charge in [0.1, 0.15) is 5.78 Å². The van der Waals surface area contributed by atoms with Crippen LogP contribution >= 0.6 is 0 Å². The highest BCUT2D eigenvalue weighted by Crippen LogP contribution is 2.28. The molecule has 1 aliphatic rings. The highest BCUT2D eigenvalue weighted by Gasteiger charge is 2.34. The van der Waals surface area contributed by atoms with Crippen molar-refractivity contribution in [3.8, 4) is 0 Å². The third kappa shape index (κ3) is 2.35. The van der Waals surface area contributed by atoms with Crippen LogP contribution < -0.4 is 0 Å². The fourth-order valence-corrected chi connectivity index (χ4v) is 2.11. The summed E-state index contributed by atoms with van der Waals surface area (Å²) in [6.45, 7) is 8.90. The molecule has 0 aromatic carbocycles. The summed E-state index contributed by atoms with van der Waals surface area (Å²) in [5.41, 5.74) is 0.248. The lowest BCUT2D eigenvalue weighted by Gasteiger charge is -2.38. The van der Waals surface area contributed by atoms with Gasteiger partial charge in [-0.05, 0) is 32.2 Å². The summed E-state index contributed by atoms with van der Waals surface area (Å²) < 4.78 is 0. The monoisotopic (exact) mass is 197 g/mol. The second-order valence-electron chi connectivity index (χ2n) is 5.58. The third-order valence-corrected chi connectivity index (χ3v) is 3.63. The van der Waals surface area contributed by atoms with E-state index < -0.39 is 0 Å². The summed E-state index contributed by atoms with van der Waals surface area (Å²) in [6.07, 6.45) is 2.91. The maximum atomic E-state index is 11.6. The van der Waals surface area contributed by atoms with Gasteiger partial charge in [0.05, 0.1) is 6.04 Å². The summed E-state index contributed by atoms with van der Waals surface area (Å²) >= 11 is 0. The average molecular weight is 197 g/mol. The molecule has 1 rings (SSSR count). The average Bonchev–Trinajstić information content (AvgIpc) is 2.47. The molecule has 0 saturated heterocycles. The van der Waals surface area contributed by atoms with E-state index in [2.05, 4.69) is 39.6 Å². The number of Topliss-reactive ketones (excluding diaryl/α,β-unsaturated/α-hetero) is 1. The molecular weight excluding hydrogens is 174 g/mol. The predicted octanol–water partition coefficient (Wildman–Crippen LogP) is 2.47. The Bertz CT molecular complexity index is 217. The molecule has 0 heterocycles. The molecule has 1 saturated carbocycles. The molecule has 2 unspecified atom stereocenters. The van der Waals surface area contributed by atoms with Crippen LogP contribution in [0, 0.1) is 5.41 Å². The van der Waals surface area contributed by atoms with Gasteiger partial charge in [-0.2, -0.15) is 0 Å². The zero-order chi connectivity index (χ0) is 10.9. The molecule has 2 atom stereocenters. The standard InChI is InChI=1S/C12H23NO/c1-9(12(2,3)4)13(5)10-7-6-8-11(10)14/h9-10H,6-8H2,1-5H3. The van der Waals surface area contributed by atoms with Gasteiger partial charge in [0, 0.05) is 12.5 Å². The van der Waals surface area contributed by atoms with E-state index in [0.29, 0.717) is 11.8 Å². The van der Waals surface area contributed by atoms with Gasteiger partial charge in [-0.1, -0.05) is 20.8 Å². The van der Waals surface area contributed by atoms with Crippen LogP contribution in [0.5, 0.6) is 0 Å². The van der Waals surface area contributed by atoms with E-state index in [4.69, 9.17) is 0 Å². The van der Waals surface area contributed by atoms with Crippen molar-refractivity contribution in [2.75, 3.05) is 7.05 Å². The Labute approximate surface area is 87.7 Å². The van der Waals surface area contributed by atoms with Gasteiger partial charge in [0.2, 0.25) is 0 Å². The highest BCUT2D eigenvalue weighted by molar-refractivity contribution is 5.85. The SMILES string of the molecule is CC(N(C)C1CCCC1=O)C(C)(C)C. The molecule has 0 aromatic rings. The lowest BCUT2D eigenvalue weighted by molar-refractivity contribution is -0.122. The number of carbonyl (C=O) groups excluding carboxylic acids is 1. The first kappa shape index (κ1) is 11.7. The number of likely N-dealkylation sites (N-methyl/N-ethyl adjacent to an activating group) is 1. The highest BCUT2D eigenvalue weighted by atomic mass is 16.1. The van der Waals surface area contributed by atoms with Gasteiger partial charge in [-0.15, -0.1) is 0 Å². The van der Waals surface area contributed by atoms with Crippen molar-refractivity contribution in [2.45, 2.75) is 59.0 Å². The van der Waals surface area contributed by atoms with Crippen molar-refractivity contribution in [3.63, 3.8) is 0 Å². The van der Waals surface area contributed by atoms with Gasteiger partial charge in [0.15, 0.2) is 0 Å². The Balaban J connectivity index is 2.64. The minimum absolute atomic E-state index is 0.184. The van der Waals surface area contributed by atoms with Crippen molar-refractivity contribution >= 4 is 5.78 Å². The van der Waals surface area contributed by atoms with Gasteiger partial charge in [-0.25, -0.2) is 0 Å². The molecule has 1 fully saturated rings. The van der Waals surface area contributed by atoms with Crippen LogP contribution in [0.4, 0.5) is 0 Å². The molecule has 0 aliphatic heterocycles. The van der Waals surface area contributed by atoms with Crippen molar-refractivity contribution in [1.82, 2.24) is 4.90 Å². The summed E-state index contributed by atoms with van der Waals surface area (Å²) in [6, 6.07) is 0.638. The zero-order valence-electron chi connectivity index (χ0n) is 10.1.